The van der Waals surface area contributed by atoms with Gasteiger partial charge in [-0.25, -0.2) is 18.7 Å². The van der Waals surface area contributed by atoms with E-state index in [9.17, 15) is 0 Å². The maximum atomic E-state index is 7.19. The SMILES string of the molecule is CC(C)N1Cc2ccccc2O[P@]12=NP(N1CCCC1)(N1CCCC1)=N[P@@]1(=N2)Oc2ccccc2CN1C(C)C. The molecule has 2 saturated heterocycles. The van der Waals surface area contributed by atoms with Gasteiger partial charge in [-0.05, 0) is 65.5 Å². The fourth-order valence-electron chi connectivity index (χ4n) is 6.46. The molecule has 216 valence electrons. The van der Waals surface area contributed by atoms with Crippen molar-refractivity contribution in [3.8, 4) is 11.5 Å². The number of nitrogens with zero attached hydrogens (tertiary/aromatic N) is 7. The van der Waals surface area contributed by atoms with Crippen molar-refractivity contribution in [1.82, 2.24) is 18.7 Å². The van der Waals surface area contributed by atoms with Crippen molar-refractivity contribution in [2.45, 2.75) is 78.6 Å². The zero-order valence-electron chi connectivity index (χ0n) is 24.1. The zero-order valence-corrected chi connectivity index (χ0v) is 26.8. The zero-order chi connectivity index (χ0) is 27.5. The van der Waals surface area contributed by atoms with Crippen LogP contribution in [0.2, 0.25) is 0 Å². The number of hydrogen-bond acceptors (Lipinski definition) is 9. The Labute approximate surface area is 239 Å². The molecule has 7 rings (SSSR count). The first-order valence-electron chi connectivity index (χ1n) is 14.9. The first kappa shape index (κ1) is 27.4. The highest BCUT2D eigenvalue weighted by Gasteiger charge is 2.54. The summed E-state index contributed by atoms with van der Waals surface area (Å²) in [5.74, 6) is 1.82. The smallest absolute Gasteiger partial charge is 0.336 e. The van der Waals surface area contributed by atoms with Crippen LogP contribution in [0.25, 0.3) is 0 Å². The van der Waals surface area contributed by atoms with E-state index in [0.717, 1.165) is 50.8 Å². The van der Waals surface area contributed by atoms with Crippen molar-refractivity contribution in [2.75, 3.05) is 26.2 Å². The van der Waals surface area contributed by atoms with Gasteiger partial charge in [0.15, 0.2) is 0 Å². The highest BCUT2D eigenvalue weighted by atomic mass is 31.3. The molecule has 0 bridgehead atoms. The summed E-state index contributed by atoms with van der Waals surface area (Å²) in [6.07, 6.45) is 4.74. The summed E-state index contributed by atoms with van der Waals surface area (Å²) in [7, 11) is -8.33. The molecular formula is C28H42N7O2P3. The van der Waals surface area contributed by atoms with Gasteiger partial charge in [-0.1, -0.05) is 36.4 Å². The highest BCUT2D eigenvalue weighted by molar-refractivity contribution is 7.81. The largest absolute Gasteiger partial charge is 0.430 e. The molecule has 5 aliphatic heterocycles. The molecule has 2 spiro atoms. The lowest BCUT2D eigenvalue weighted by atomic mass is 10.2. The molecule has 0 N–H and O–H groups in total. The minimum atomic E-state index is -2.89. The van der Waals surface area contributed by atoms with Crippen molar-refractivity contribution < 1.29 is 9.05 Å². The maximum absolute atomic E-state index is 7.19. The summed E-state index contributed by atoms with van der Waals surface area (Å²) in [5.41, 5.74) is 2.40. The van der Waals surface area contributed by atoms with Crippen molar-refractivity contribution in [1.29, 1.82) is 0 Å². The van der Waals surface area contributed by atoms with Crippen LogP contribution in [0.4, 0.5) is 0 Å². The monoisotopic (exact) mass is 601 g/mol. The van der Waals surface area contributed by atoms with E-state index < -0.39 is 22.7 Å². The van der Waals surface area contributed by atoms with Crippen molar-refractivity contribution in [3.63, 3.8) is 0 Å². The molecule has 2 aromatic rings. The Kier molecular flexibility index (Phi) is 7.11. The molecule has 0 aromatic heterocycles. The minimum absolute atomic E-state index is 0.205. The molecule has 2 fully saturated rings. The maximum Gasteiger partial charge on any atom is 0.336 e. The van der Waals surface area contributed by atoms with Gasteiger partial charge in [0.2, 0.25) is 7.51 Å². The van der Waals surface area contributed by atoms with Crippen LogP contribution in [0.3, 0.4) is 0 Å². The van der Waals surface area contributed by atoms with E-state index in [-0.39, 0.29) is 12.1 Å². The average Bonchev–Trinajstić information content (AvgIpc) is 3.67. The van der Waals surface area contributed by atoms with Gasteiger partial charge in [0, 0.05) is 62.5 Å². The molecule has 5 aliphatic rings. The molecule has 2 aromatic carbocycles. The molecule has 40 heavy (non-hydrogen) atoms. The Hall–Kier alpha value is -1.43. The van der Waals surface area contributed by atoms with E-state index in [4.69, 9.17) is 22.6 Å². The lowest BCUT2D eigenvalue weighted by Gasteiger charge is -2.50. The highest BCUT2D eigenvalue weighted by Crippen LogP contribution is 2.84. The van der Waals surface area contributed by atoms with Gasteiger partial charge in [0.1, 0.15) is 11.5 Å². The van der Waals surface area contributed by atoms with Crippen LogP contribution in [0, 0.1) is 0 Å². The van der Waals surface area contributed by atoms with Gasteiger partial charge >= 0.3 is 15.2 Å². The predicted molar refractivity (Wildman–Crippen MR) is 165 cm³/mol. The quantitative estimate of drug-likeness (QED) is 0.327. The van der Waals surface area contributed by atoms with E-state index in [1.807, 2.05) is 0 Å². The third-order valence-electron chi connectivity index (χ3n) is 8.54. The molecule has 0 unspecified atom stereocenters. The van der Waals surface area contributed by atoms with Crippen LogP contribution < -0.4 is 9.05 Å². The van der Waals surface area contributed by atoms with E-state index in [2.05, 4.69) is 94.9 Å². The predicted octanol–water partition coefficient (Wildman–Crippen LogP) is 8.64. The lowest BCUT2D eigenvalue weighted by Crippen LogP contribution is -2.37. The Morgan fingerprint density at radius 2 is 1.02 bits per heavy atom. The van der Waals surface area contributed by atoms with Crippen LogP contribution >= 0.6 is 22.7 Å². The van der Waals surface area contributed by atoms with E-state index >= 15 is 0 Å². The van der Waals surface area contributed by atoms with Crippen molar-refractivity contribution in [2.24, 2.45) is 13.5 Å². The Morgan fingerprint density at radius 3 is 1.48 bits per heavy atom. The third kappa shape index (κ3) is 4.40. The van der Waals surface area contributed by atoms with Gasteiger partial charge in [-0.15, -0.1) is 4.52 Å². The lowest BCUT2D eigenvalue weighted by molar-refractivity contribution is 0.305. The number of rotatable bonds is 4. The first-order valence-corrected chi connectivity index (χ1v) is 19.6. The standard InChI is InChI=1S/C28H42N7O2P3/c1-23(2)34-21-25-13-5-7-15-27(25)36-39(34)29-38(32-17-9-10-18-32,33-19-11-12-20-33)30-40(31-39)35(24(3)4)22-26-14-6-8-16-28(26)37-40/h5-8,13-16,23-24H,9-12,17-22H2,1-4H3/t39-,40-/m0/s1. The second kappa shape index (κ2) is 10.4. The first-order chi connectivity index (χ1) is 19.3. The van der Waals surface area contributed by atoms with Gasteiger partial charge in [-0.3, -0.25) is 0 Å². The van der Waals surface area contributed by atoms with E-state index in [1.54, 1.807) is 0 Å². The van der Waals surface area contributed by atoms with Crippen LogP contribution in [0.1, 0.15) is 64.5 Å². The molecule has 0 radical (unpaired) electrons. The normalized spacial score (nSPS) is 30.4. The second-order valence-electron chi connectivity index (χ2n) is 11.9. The summed E-state index contributed by atoms with van der Waals surface area (Å²) in [6.45, 7) is 14.6. The van der Waals surface area contributed by atoms with E-state index in [0.29, 0.717) is 0 Å². The van der Waals surface area contributed by atoms with Crippen molar-refractivity contribution >= 4 is 22.7 Å². The third-order valence-corrected chi connectivity index (χ3v) is 19.9. The Bertz CT molecular complexity index is 1380. The number of fused-ring (bicyclic) bond motifs is 2. The Balaban J connectivity index is 1.57. The van der Waals surface area contributed by atoms with E-state index in [1.165, 1.54) is 36.8 Å². The summed E-state index contributed by atoms with van der Waals surface area (Å²) in [5, 5.41) is 0. The summed E-state index contributed by atoms with van der Waals surface area (Å²) < 4.78 is 42.2. The van der Waals surface area contributed by atoms with Crippen LogP contribution in [-0.2, 0) is 13.1 Å². The summed E-state index contributed by atoms with van der Waals surface area (Å²) in [4.78, 5) is 0. The molecule has 12 heteroatoms. The molecule has 2 atom stereocenters. The molecule has 0 aliphatic carbocycles. The van der Waals surface area contributed by atoms with Crippen LogP contribution in [0.15, 0.2) is 62.1 Å². The number of hydrogen-bond donors (Lipinski definition) is 0. The molecule has 0 saturated carbocycles. The summed E-state index contributed by atoms with van der Waals surface area (Å²) >= 11 is 0. The Morgan fingerprint density at radius 1 is 0.600 bits per heavy atom. The van der Waals surface area contributed by atoms with Gasteiger partial charge in [0.05, 0.1) is 0 Å². The molecular weight excluding hydrogens is 559 g/mol. The molecule has 5 heterocycles. The van der Waals surface area contributed by atoms with Crippen molar-refractivity contribution in [3.05, 3.63) is 59.7 Å². The average molecular weight is 602 g/mol. The fraction of sp³-hybridized carbons (Fsp3) is 0.571. The van der Waals surface area contributed by atoms with Gasteiger partial charge in [-0.2, -0.15) is 9.03 Å². The summed E-state index contributed by atoms with van der Waals surface area (Å²) in [6, 6.07) is 17.3. The van der Waals surface area contributed by atoms with Crippen LogP contribution in [0.5, 0.6) is 11.5 Å². The molecule has 9 nitrogen and oxygen atoms in total. The molecule has 0 amide bonds. The van der Waals surface area contributed by atoms with Gasteiger partial charge < -0.3 is 9.05 Å². The second-order valence-corrected chi connectivity index (χ2v) is 19.7. The number of benzene rings is 2. The topological polar surface area (TPSA) is 68.5 Å². The fourth-order valence-corrected chi connectivity index (χ4v) is 20.6. The van der Waals surface area contributed by atoms with Crippen LogP contribution in [-0.4, -0.2) is 56.9 Å². The minimum Gasteiger partial charge on any atom is -0.430 e. The number of para-hydroxylation sites is 2. The van der Waals surface area contributed by atoms with Gasteiger partial charge in [0.25, 0.3) is 0 Å².